The second-order valence-electron chi connectivity index (χ2n) is 3.51. The minimum atomic E-state index is -0.899. The number of hydrogen-bond acceptors (Lipinski definition) is 3. The molecule has 19 heavy (non-hydrogen) atoms. The van der Waals surface area contributed by atoms with Gasteiger partial charge in [-0.2, -0.15) is 5.10 Å². The number of aromatic amines is 1. The Morgan fingerprint density at radius 1 is 1.16 bits per heavy atom. The number of amides is 2. The van der Waals surface area contributed by atoms with Crippen molar-refractivity contribution in [1.29, 1.82) is 0 Å². The number of carbonyl (C=O) groups is 1. The van der Waals surface area contributed by atoms with Gasteiger partial charge in [0.25, 0.3) is 5.56 Å². The number of urea groups is 1. The van der Waals surface area contributed by atoms with Crippen molar-refractivity contribution in [3.8, 4) is 0 Å². The van der Waals surface area contributed by atoms with Crippen LogP contribution in [-0.2, 0) is 0 Å². The summed E-state index contributed by atoms with van der Waals surface area (Å²) in [5.41, 5.74) is -0.598. The van der Waals surface area contributed by atoms with Gasteiger partial charge in [0.05, 0.1) is 5.69 Å². The quantitative estimate of drug-likeness (QED) is 0.773. The van der Waals surface area contributed by atoms with Crippen LogP contribution in [-0.4, -0.2) is 16.2 Å². The molecule has 0 unspecified atom stereocenters. The van der Waals surface area contributed by atoms with E-state index in [2.05, 4.69) is 20.8 Å². The molecule has 2 amide bonds. The van der Waals surface area contributed by atoms with E-state index in [9.17, 15) is 18.4 Å². The smallest absolute Gasteiger partial charge is 0.305 e. The van der Waals surface area contributed by atoms with Crippen LogP contribution in [0.4, 0.5) is 25.1 Å². The molecule has 0 spiro atoms. The Hall–Kier alpha value is -2.77. The van der Waals surface area contributed by atoms with Gasteiger partial charge < -0.3 is 5.32 Å². The highest BCUT2D eigenvalue weighted by Gasteiger charge is 2.08. The van der Waals surface area contributed by atoms with Crippen LogP contribution < -0.4 is 16.2 Å². The highest BCUT2D eigenvalue weighted by atomic mass is 19.1. The van der Waals surface area contributed by atoms with E-state index in [4.69, 9.17) is 0 Å². The minimum absolute atomic E-state index is 0.0830. The van der Waals surface area contributed by atoms with Crippen molar-refractivity contribution < 1.29 is 13.6 Å². The molecule has 0 bridgehead atoms. The summed E-state index contributed by atoms with van der Waals surface area (Å²) in [7, 11) is 0. The Bertz CT molecular complexity index is 651. The van der Waals surface area contributed by atoms with Crippen LogP contribution in [0.25, 0.3) is 0 Å². The summed E-state index contributed by atoms with van der Waals surface area (Å²) in [5.74, 6) is -1.56. The Morgan fingerprint density at radius 2 is 1.95 bits per heavy atom. The maximum Gasteiger partial charge on any atom is 0.324 e. The molecule has 0 saturated carbocycles. The van der Waals surface area contributed by atoms with Crippen LogP contribution in [0.5, 0.6) is 0 Å². The molecule has 1 heterocycles. The average molecular weight is 266 g/mol. The molecular weight excluding hydrogens is 258 g/mol. The van der Waals surface area contributed by atoms with Gasteiger partial charge in [0.15, 0.2) is 5.82 Å². The Labute approximate surface area is 105 Å². The number of hydrogen-bond donors (Lipinski definition) is 3. The third kappa shape index (κ3) is 3.35. The first-order chi connectivity index (χ1) is 9.04. The summed E-state index contributed by atoms with van der Waals surface area (Å²) in [6.07, 6.45) is 0. The molecule has 98 valence electrons. The fourth-order valence-corrected chi connectivity index (χ4v) is 1.27. The number of aromatic nitrogens is 2. The summed E-state index contributed by atoms with van der Waals surface area (Å²) in [6.45, 7) is 0. The van der Waals surface area contributed by atoms with Gasteiger partial charge in [0, 0.05) is 12.1 Å². The molecule has 2 rings (SSSR count). The maximum atomic E-state index is 13.3. The standard InChI is InChI=1S/C11H8F2N4O2/c12-6-1-2-8(7(13)5-6)14-11(19)15-9-3-4-10(18)17-16-9/h1-5H,(H,17,18)(H2,14,15,16,19). The van der Waals surface area contributed by atoms with Gasteiger partial charge in [-0.05, 0) is 18.2 Å². The van der Waals surface area contributed by atoms with Crippen LogP contribution in [0, 0.1) is 11.6 Å². The summed E-state index contributed by atoms with van der Waals surface area (Å²) in [5, 5.41) is 10.1. The zero-order valence-electron chi connectivity index (χ0n) is 9.41. The fourth-order valence-electron chi connectivity index (χ4n) is 1.27. The van der Waals surface area contributed by atoms with Crippen molar-refractivity contribution in [1.82, 2.24) is 10.2 Å². The fraction of sp³-hybridized carbons (Fsp3) is 0. The summed E-state index contributed by atoms with van der Waals surface area (Å²) in [6, 6.07) is 4.42. The van der Waals surface area contributed by atoms with Crippen molar-refractivity contribution in [2.45, 2.75) is 0 Å². The molecule has 1 aromatic heterocycles. The first kappa shape index (κ1) is 12.7. The largest absolute Gasteiger partial charge is 0.324 e. The first-order valence-corrected chi connectivity index (χ1v) is 5.13. The van der Waals surface area contributed by atoms with Gasteiger partial charge in [-0.1, -0.05) is 0 Å². The average Bonchev–Trinajstić information content (AvgIpc) is 2.36. The van der Waals surface area contributed by atoms with Crippen LogP contribution in [0.15, 0.2) is 35.1 Å². The van der Waals surface area contributed by atoms with Gasteiger partial charge in [-0.15, -0.1) is 0 Å². The molecule has 3 N–H and O–H groups in total. The van der Waals surface area contributed by atoms with Crippen LogP contribution in [0.3, 0.4) is 0 Å². The van der Waals surface area contributed by atoms with Crippen molar-refractivity contribution in [3.63, 3.8) is 0 Å². The SMILES string of the molecule is O=C(Nc1ccc(=O)[nH]n1)Nc1ccc(F)cc1F. The van der Waals surface area contributed by atoms with Gasteiger partial charge in [0.1, 0.15) is 11.6 Å². The molecule has 0 aliphatic heterocycles. The van der Waals surface area contributed by atoms with E-state index in [1.807, 2.05) is 0 Å². The monoisotopic (exact) mass is 266 g/mol. The highest BCUT2D eigenvalue weighted by Crippen LogP contribution is 2.15. The normalized spacial score (nSPS) is 10.0. The van der Waals surface area contributed by atoms with E-state index in [1.165, 1.54) is 12.1 Å². The lowest BCUT2D eigenvalue weighted by Crippen LogP contribution is -2.22. The van der Waals surface area contributed by atoms with Crippen LogP contribution in [0.1, 0.15) is 0 Å². The molecular formula is C11H8F2N4O2. The molecule has 0 aliphatic carbocycles. The minimum Gasteiger partial charge on any atom is -0.305 e. The van der Waals surface area contributed by atoms with Crippen molar-refractivity contribution >= 4 is 17.5 Å². The van der Waals surface area contributed by atoms with Gasteiger partial charge in [0.2, 0.25) is 0 Å². The zero-order chi connectivity index (χ0) is 13.8. The van der Waals surface area contributed by atoms with E-state index < -0.39 is 23.2 Å². The highest BCUT2D eigenvalue weighted by molar-refractivity contribution is 5.99. The Morgan fingerprint density at radius 3 is 2.58 bits per heavy atom. The topological polar surface area (TPSA) is 86.9 Å². The van der Waals surface area contributed by atoms with Crippen molar-refractivity contribution in [2.75, 3.05) is 10.6 Å². The molecule has 2 aromatic rings. The lowest BCUT2D eigenvalue weighted by molar-refractivity contribution is 0.262. The molecule has 0 radical (unpaired) electrons. The zero-order valence-corrected chi connectivity index (χ0v) is 9.41. The van der Waals surface area contributed by atoms with E-state index in [0.717, 1.165) is 12.1 Å². The number of anilines is 2. The maximum absolute atomic E-state index is 13.3. The van der Waals surface area contributed by atoms with Crippen molar-refractivity contribution in [3.05, 3.63) is 52.3 Å². The summed E-state index contributed by atoms with van der Waals surface area (Å²) < 4.78 is 25.9. The molecule has 0 aliphatic rings. The third-order valence-corrected chi connectivity index (χ3v) is 2.10. The Balaban J connectivity index is 2.05. The van der Waals surface area contributed by atoms with Crippen LogP contribution in [0.2, 0.25) is 0 Å². The third-order valence-electron chi connectivity index (χ3n) is 2.10. The van der Waals surface area contributed by atoms with E-state index in [1.54, 1.807) is 0 Å². The number of benzene rings is 1. The predicted molar refractivity (Wildman–Crippen MR) is 63.9 cm³/mol. The number of carbonyl (C=O) groups excluding carboxylic acids is 1. The van der Waals surface area contributed by atoms with Crippen molar-refractivity contribution in [2.24, 2.45) is 0 Å². The van der Waals surface area contributed by atoms with Gasteiger partial charge >= 0.3 is 6.03 Å². The van der Waals surface area contributed by atoms with E-state index in [-0.39, 0.29) is 11.5 Å². The molecule has 0 fully saturated rings. The number of halogens is 2. The number of nitrogens with zero attached hydrogens (tertiary/aromatic N) is 1. The van der Waals surface area contributed by atoms with Gasteiger partial charge in [-0.25, -0.2) is 18.7 Å². The first-order valence-electron chi connectivity index (χ1n) is 5.13. The molecule has 8 heteroatoms. The number of nitrogens with one attached hydrogen (secondary N) is 3. The second kappa shape index (κ2) is 5.25. The summed E-state index contributed by atoms with van der Waals surface area (Å²) in [4.78, 5) is 22.2. The number of H-pyrrole nitrogens is 1. The Kier molecular flexibility index (Phi) is 3.51. The van der Waals surface area contributed by atoms with E-state index in [0.29, 0.717) is 6.07 Å². The lowest BCUT2D eigenvalue weighted by Gasteiger charge is -2.07. The second-order valence-corrected chi connectivity index (χ2v) is 3.51. The van der Waals surface area contributed by atoms with Crippen LogP contribution >= 0.6 is 0 Å². The van der Waals surface area contributed by atoms with E-state index >= 15 is 0 Å². The molecule has 0 saturated heterocycles. The predicted octanol–water partition coefficient (Wildman–Crippen LogP) is 1.69. The van der Waals surface area contributed by atoms with Gasteiger partial charge in [-0.3, -0.25) is 10.1 Å². The lowest BCUT2D eigenvalue weighted by atomic mass is 10.3. The summed E-state index contributed by atoms with van der Waals surface area (Å²) >= 11 is 0. The molecule has 6 nitrogen and oxygen atoms in total. The number of rotatable bonds is 2. The molecule has 0 atom stereocenters. The molecule has 1 aromatic carbocycles.